The van der Waals surface area contributed by atoms with Gasteiger partial charge in [-0.2, -0.15) is 0 Å². The molecule has 25 heavy (non-hydrogen) atoms. The number of benzene rings is 1. The first-order valence-electron chi connectivity index (χ1n) is 8.12. The maximum atomic E-state index is 12.7. The van der Waals surface area contributed by atoms with Crippen LogP contribution in [-0.2, 0) is 6.54 Å². The Hall–Kier alpha value is -2.31. The van der Waals surface area contributed by atoms with E-state index < -0.39 is 0 Å². The summed E-state index contributed by atoms with van der Waals surface area (Å²) in [4.78, 5) is 21.0. The van der Waals surface area contributed by atoms with Gasteiger partial charge in [-0.1, -0.05) is 6.07 Å². The van der Waals surface area contributed by atoms with Gasteiger partial charge in [0.25, 0.3) is 5.91 Å². The maximum Gasteiger partial charge on any atom is 0.256 e. The van der Waals surface area contributed by atoms with E-state index in [0.29, 0.717) is 24.3 Å². The van der Waals surface area contributed by atoms with Gasteiger partial charge in [-0.3, -0.25) is 14.7 Å². The van der Waals surface area contributed by atoms with Gasteiger partial charge in [0.2, 0.25) is 0 Å². The van der Waals surface area contributed by atoms with Crippen molar-refractivity contribution >= 4 is 24.0 Å². The van der Waals surface area contributed by atoms with E-state index in [9.17, 15) is 9.90 Å². The van der Waals surface area contributed by atoms with Gasteiger partial charge < -0.3 is 15.7 Å². The largest absolute Gasteiger partial charge is 0.508 e. The quantitative estimate of drug-likeness (QED) is 0.645. The lowest BCUT2D eigenvalue weighted by Gasteiger charge is -2.22. The lowest BCUT2D eigenvalue weighted by atomic mass is 10.1. The van der Waals surface area contributed by atoms with Gasteiger partial charge in [0.05, 0.1) is 5.56 Å². The van der Waals surface area contributed by atoms with Crippen LogP contribution < -0.4 is 5.73 Å². The molecule has 2 heterocycles. The second kappa shape index (κ2) is 8.69. The van der Waals surface area contributed by atoms with Crippen molar-refractivity contribution in [2.24, 2.45) is 0 Å². The van der Waals surface area contributed by atoms with Crippen LogP contribution in [0.15, 0.2) is 42.7 Å². The Labute approximate surface area is 153 Å². The molecule has 3 N–H and O–H groups in total. The summed E-state index contributed by atoms with van der Waals surface area (Å²) in [5.41, 5.74) is 7.83. The highest BCUT2D eigenvalue weighted by Gasteiger charge is 2.22. The van der Waals surface area contributed by atoms with Crippen molar-refractivity contribution in [1.29, 1.82) is 0 Å². The van der Waals surface area contributed by atoms with E-state index in [2.05, 4.69) is 16.0 Å². The Balaban J connectivity index is 0.00000225. The summed E-state index contributed by atoms with van der Waals surface area (Å²) in [6.45, 7) is 3.92. The monoisotopic (exact) mass is 362 g/mol. The van der Waals surface area contributed by atoms with Crippen LogP contribution in [0.1, 0.15) is 22.3 Å². The van der Waals surface area contributed by atoms with E-state index in [1.165, 1.54) is 17.7 Å². The number of carbonyl (C=O) groups excluding carboxylic acids is 1. The molecule has 1 aliphatic heterocycles. The van der Waals surface area contributed by atoms with Gasteiger partial charge >= 0.3 is 0 Å². The first-order valence-corrected chi connectivity index (χ1v) is 8.12. The van der Waals surface area contributed by atoms with Crippen LogP contribution in [0.4, 0.5) is 5.69 Å². The second-order valence-electron chi connectivity index (χ2n) is 6.05. The highest BCUT2D eigenvalue weighted by molar-refractivity contribution is 5.99. The average Bonchev–Trinajstić information content (AvgIpc) is 2.83. The van der Waals surface area contributed by atoms with E-state index in [0.717, 1.165) is 26.1 Å². The summed E-state index contributed by atoms with van der Waals surface area (Å²) >= 11 is 0. The lowest BCUT2D eigenvalue weighted by Crippen LogP contribution is -2.35. The first kappa shape index (κ1) is 19.0. The van der Waals surface area contributed by atoms with Gasteiger partial charge in [-0.05, 0) is 36.2 Å². The summed E-state index contributed by atoms with van der Waals surface area (Å²) in [5.74, 6) is -0.0628. The number of carbonyl (C=O) groups is 1. The normalized spacial score (nSPS) is 15.3. The zero-order chi connectivity index (χ0) is 16.9. The number of nitrogens with zero attached hydrogens (tertiary/aromatic N) is 3. The molecule has 1 aromatic carbocycles. The second-order valence-corrected chi connectivity index (χ2v) is 6.05. The molecule has 6 nitrogen and oxygen atoms in total. The van der Waals surface area contributed by atoms with Crippen molar-refractivity contribution < 1.29 is 9.90 Å². The average molecular weight is 363 g/mol. The molecule has 1 aromatic heterocycles. The molecule has 1 saturated heterocycles. The predicted molar refractivity (Wildman–Crippen MR) is 99.8 cm³/mol. The molecule has 0 aliphatic carbocycles. The number of aromatic hydroxyl groups is 1. The van der Waals surface area contributed by atoms with E-state index in [1.54, 1.807) is 12.3 Å². The molecule has 0 spiro atoms. The van der Waals surface area contributed by atoms with Gasteiger partial charge in [0.15, 0.2) is 0 Å². The van der Waals surface area contributed by atoms with Gasteiger partial charge in [0.1, 0.15) is 5.75 Å². The Kier molecular flexibility index (Phi) is 6.61. The fourth-order valence-corrected chi connectivity index (χ4v) is 2.98. The number of phenols is 1. The van der Waals surface area contributed by atoms with E-state index in [1.807, 2.05) is 17.2 Å². The molecule has 134 valence electrons. The number of halogens is 1. The van der Waals surface area contributed by atoms with Crippen LogP contribution >= 0.6 is 12.4 Å². The van der Waals surface area contributed by atoms with Crippen LogP contribution in [0.2, 0.25) is 0 Å². The van der Waals surface area contributed by atoms with E-state index in [-0.39, 0.29) is 24.1 Å². The third-order valence-corrected chi connectivity index (χ3v) is 4.27. The van der Waals surface area contributed by atoms with Crippen LogP contribution in [0.25, 0.3) is 0 Å². The molecule has 1 amide bonds. The van der Waals surface area contributed by atoms with Crippen molar-refractivity contribution in [2.75, 3.05) is 31.9 Å². The molecule has 2 aromatic rings. The van der Waals surface area contributed by atoms with Crippen molar-refractivity contribution in [3.05, 3.63) is 53.9 Å². The number of pyridine rings is 1. The minimum absolute atomic E-state index is 0. The summed E-state index contributed by atoms with van der Waals surface area (Å²) in [7, 11) is 0. The fraction of sp³-hybridized carbons (Fsp3) is 0.333. The highest BCUT2D eigenvalue weighted by Crippen LogP contribution is 2.21. The number of phenolic OH excluding ortho intramolecular Hbond substituents is 1. The maximum absolute atomic E-state index is 12.7. The molecule has 0 atom stereocenters. The van der Waals surface area contributed by atoms with E-state index >= 15 is 0 Å². The number of hydrogen-bond acceptors (Lipinski definition) is 5. The van der Waals surface area contributed by atoms with Crippen molar-refractivity contribution in [3.8, 4) is 5.75 Å². The topological polar surface area (TPSA) is 82.7 Å². The van der Waals surface area contributed by atoms with E-state index in [4.69, 9.17) is 5.73 Å². The first-order chi connectivity index (χ1) is 11.6. The number of amides is 1. The summed E-state index contributed by atoms with van der Waals surface area (Å²) < 4.78 is 0. The number of rotatable bonds is 3. The predicted octanol–water partition coefficient (Wildman–Crippen LogP) is 2.14. The molecule has 0 radical (unpaired) electrons. The zero-order valence-electron chi connectivity index (χ0n) is 14.0. The number of nitrogens with two attached hydrogens (primary N) is 1. The molecule has 3 rings (SSSR count). The zero-order valence-corrected chi connectivity index (χ0v) is 14.8. The number of anilines is 1. The van der Waals surface area contributed by atoms with Crippen LogP contribution in [0.5, 0.6) is 5.75 Å². The Bertz CT molecular complexity index is 711. The van der Waals surface area contributed by atoms with Crippen molar-refractivity contribution in [3.63, 3.8) is 0 Å². The minimum atomic E-state index is -0.119. The minimum Gasteiger partial charge on any atom is -0.508 e. The Morgan fingerprint density at radius 3 is 2.80 bits per heavy atom. The highest BCUT2D eigenvalue weighted by atomic mass is 35.5. The summed E-state index contributed by atoms with van der Waals surface area (Å²) in [5, 5.41) is 9.61. The molecule has 7 heteroatoms. The number of hydrogen-bond donors (Lipinski definition) is 2. The molecule has 0 saturated carbocycles. The molecule has 0 unspecified atom stereocenters. The molecular weight excluding hydrogens is 340 g/mol. The lowest BCUT2D eigenvalue weighted by molar-refractivity contribution is 0.0761. The molecular formula is C18H23ClN4O2. The van der Waals surface area contributed by atoms with Crippen LogP contribution in [-0.4, -0.2) is 52.0 Å². The fourth-order valence-electron chi connectivity index (χ4n) is 2.98. The third kappa shape index (κ3) is 4.84. The van der Waals surface area contributed by atoms with Crippen molar-refractivity contribution in [2.45, 2.75) is 13.0 Å². The van der Waals surface area contributed by atoms with Crippen LogP contribution in [0.3, 0.4) is 0 Å². The number of aromatic nitrogens is 1. The smallest absolute Gasteiger partial charge is 0.256 e. The van der Waals surface area contributed by atoms with Gasteiger partial charge in [-0.15, -0.1) is 12.4 Å². The molecule has 1 aliphatic rings. The third-order valence-electron chi connectivity index (χ3n) is 4.27. The Morgan fingerprint density at radius 2 is 2.04 bits per heavy atom. The number of nitrogen functional groups attached to an aromatic ring is 1. The Morgan fingerprint density at radius 1 is 1.20 bits per heavy atom. The molecule has 1 fully saturated rings. The van der Waals surface area contributed by atoms with Gasteiger partial charge in [-0.25, -0.2) is 0 Å². The SMILES string of the molecule is Cl.Nc1ccc(O)cc1C(=O)N1CCCN(Cc2cccnc2)CC1. The van der Waals surface area contributed by atoms with Gasteiger partial charge in [0, 0.05) is 50.8 Å². The van der Waals surface area contributed by atoms with Crippen molar-refractivity contribution in [1.82, 2.24) is 14.8 Å². The summed E-state index contributed by atoms with van der Waals surface area (Å²) in [6.07, 6.45) is 4.55. The summed E-state index contributed by atoms with van der Waals surface area (Å²) in [6, 6.07) is 8.50. The van der Waals surface area contributed by atoms with Crippen LogP contribution in [0, 0.1) is 0 Å². The molecule has 0 bridgehead atoms. The standard InChI is InChI=1S/C18H22N4O2.ClH/c19-17-5-4-15(23)11-16(17)18(24)22-8-2-7-21(9-10-22)13-14-3-1-6-20-12-14;/h1,3-6,11-12,23H,2,7-10,13,19H2;1H.